The van der Waals surface area contributed by atoms with E-state index in [2.05, 4.69) is 31.0 Å². The van der Waals surface area contributed by atoms with Crippen LogP contribution in [0.2, 0.25) is 0 Å². The first kappa shape index (κ1) is 16.9. The lowest BCUT2D eigenvalue weighted by atomic mass is 10.2. The van der Waals surface area contributed by atoms with Crippen LogP contribution in [-0.4, -0.2) is 37.7 Å². The Balaban J connectivity index is 2.48. The maximum absolute atomic E-state index is 13.5. The number of nitrogens with zero attached hydrogens (tertiary/aromatic N) is 1. The zero-order valence-corrected chi connectivity index (χ0v) is 12.9. The monoisotopic (exact) mass is 282 g/mol. The summed E-state index contributed by atoms with van der Waals surface area (Å²) in [6.45, 7) is 11.5. The highest BCUT2D eigenvalue weighted by Gasteiger charge is 2.03. The lowest BCUT2D eigenvalue weighted by Crippen LogP contribution is -2.27. The van der Waals surface area contributed by atoms with Crippen LogP contribution in [-0.2, 0) is 6.54 Å². The number of rotatable bonds is 10. The summed E-state index contributed by atoms with van der Waals surface area (Å²) in [5.74, 6) is 0.379. The summed E-state index contributed by atoms with van der Waals surface area (Å²) >= 11 is 0. The van der Waals surface area contributed by atoms with E-state index in [1.54, 1.807) is 6.07 Å². The van der Waals surface area contributed by atoms with Gasteiger partial charge in [-0.25, -0.2) is 4.39 Å². The van der Waals surface area contributed by atoms with Crippen molar-refractivity contribution in [3.63, 3.8) is 0 Å². The third-order valence-electron chi connectivity index (χ3n) is 3.26. The van der Waals surface area contributed by atoms with Crippen LogP contribution in [0.15, 0.2) is 18.2 Å². The second-order valence-electron chi connectivity index (χ2n) is 4.85. The largest absolute Gasteiger partial charge is 0.492 e. The molecule has 0 saturated carbocycles. The summed E-state index contributed by atoms with van der Waals surface area (Å²) < 4.78 is 19.2. The van der Waals surface area contributed by atoms with Gasteiger partial charge in [-0.05, 0) is 43.8 Å². The summed E-state index contributed by atoms with van der Waals surface area (Å²) in [6, 6.07) is 4.92. The van der Waals surface area contributed by atoms with Crippen molar-refractivity contribution in [3.8, 4) is 5.75 Å². The average Bonchev–Trinajstić information content (AvgIpc) is 2.43. The highest BCUT2D eigenvalue weighted by atomic mass is 19.1. The molecule has 0 aliphatic rings. The quantitative estimate of drug-likeness (QED) is 0.668. The third kappa shape index (κ3) is 6.35. The van der Waals surface area contributed by atoms with Gasteiger partial charge in [0.25, 0.3) is 0 Å². The molecule has 0 bridgehead atoms. The van der Waals surface area contributed by atoms with Gasteiger partial charge in [-0.15, -0.1) is 0 Å². The Morgan fingerprint density at radius 2 is 1.90 bits per heavy atom. The second-order valence-corrected chi connectivity index (χ2v) is 4.85. The molecule has 1 N–H and O–H groups in total. The molecule has 0 fully saturated rings. The molecule has 0 radical (unpaired) electrons. The zero-order valence-electron chi connectivity index (χ0n) is 12.9. The minimum Gasteiger partial charge on any atom is -0.492 e. The molecule has 0 heterocycles. The van der Waals surface area contributed by atoms with E-state index in [1.165, 1.54) is 6.07 Å². The maximum Gasteiger partial charge on any atom is 0.127 e. The van der Waals surface area contributed by atoms with Gasteiger partial charge in [0.2, 0.25) is 0 Å². The SMILES string of the molecule is CCCNCc1cc(F)cc(OCCN(CC)CC)c1. The number of ether oxygens (including phenoxy) is 1. The standard InChI is InChI=1S/C16H27FN2O/c1-4-7-18-13-14-10-15(17)12-16(11-14)20-9-8-19(5-2)6-3/h10-12,18H,4-9,13H2,1-3H3. The number of likely N-dealkylation sites (N-methyl/N-ethyl adjacent to an activating group) is 1. The van der Waals surface area contributed by atoms with Gasteiger partial charge in [0, 0.05) is 19.2 Å². The summed E-state index contributed by atoms with van der Waals surface area (Å²) in [5.41, 5.74) is 0.927. The minimum atomic E-state index is -0.237. The Morgan fingerprint density at radius 3 is 2.55 bits per heavy atom. The van der Waals surface area contributed by atoms with Gasteiger partial charge in [-0.2, -0.15) is 0 Å². The molecule has 0 aliphatic heterocycles. The van der Waals surface area contributed by atoms with E-state index < -0.39 is 0 Å². The molecule has 1 aromatic carbocycles. The van der Waals surface area contributed by atoms with E-state index in [4.69, 9.17) is 4.74 Å². The Hall–Kier alpha value is -1.13. The molecule has 0 saturated heterocycles. The molecule has 4 heteroatoms. The topological polar surface area (TPSA) is 24.5 Å². The van der Waals surface area contributed by atoms with Gasteiger partial charge in [0.1, 0.15) is 18.2 Å². The number of nitrogens with one attached hydrogen (secondary N) is 1. The van der Waals surface area contributed by atoms with Gasteiger partial charge in [-0.1, -0.05) is 20.8 Å². The number of hydrogen-bond donors (Lipinski definition) is 1. The molecule has 0 unspecified atom stereocenters. The van der Waals surface area contributed by atoms with Crippen molar-refractivity contribution >= 4 is 0 Å². The molecule has 0 amide bonds. The fourth-order valence-corrected chi connectivity index (χ4v) is 2.05. The van der Waals surface area contributed by atoms with Gasteiger partial charge >= 0.3 is 0 Å². The Bertz CT molecular complexity index is 381. The highest BCUT2D eigenvalue weighted by Crippen LogP contribution is 2.16. The van der Waals surface area contributed by atoms with Crippen LogP contribution in [0.1, 0.15) is 32.8 Å². The van der Waals surface area contributed by atoms with Crippen molar-refractivity contribution in [2.45, 2.75) is 33.7 Å². The summed E-state index contributed by atoms with van der Waals surface area (Å²) in [4.78, 5) is 2.28. The third-order valence-corrected chi connectivity index (χ3v) is 3.26. The van der Waals surface area contributed by atoms with Gasteiger partial charge in [-0.3, -0.25) is 0 Å². The molecular weight excluding hydrogens is 255 g/mol. The first-order chi connectivity index (χ1) is 9.69. The molecule has 0 aromatic heterocycles. The van der Waals surface area contributed by atoms with Crippen LogP contribution < -0.4 is 10.1 Å². The molecule has 1 rings (SSSR count). The summed E-state index contributed by atoms with van der Waals surface area (Å²) in [5, 5.41) is 3.27. The van der Waals surface area contributed by atoms with E-state index >= 15 is 0 Å². The van der Waals surface area contributed by atoms with E-state index in [0.717, 1.165) is 38.2 Å². The molecule has 1 aromatic rings. The Labute approximate surface area is 122 Å². The minimum absolute atomic E-state index is 0.237. The fraction of sp³-hybridized carbons (Fsp3) is 0.625. The fourth-order valence-electron chi connectivity index (χ4n) is 2.05. The van der Waals surface area contributed by atoms with Crippen LogP contribution >= 0.6 is 0 Å². The van der Waals surface area contributed by atoms with Gasteiger partial charge < -0.3 is 15.0 Å². The van der Waals surface area contributed by atoms with Crippen molar-refractivity contribution in [2.75, 3.05) is 32.8 Å². The molecule has 114 valence electrons. The van der Waals surface area contributed by atoms with Crippen molar-refractivity contribution < 1.29 is 9.13 Å². The van der Waals surface area contributed by atoms with E-state index in [9.17, 15) is 4.39 Å². The highest BCUT2D eigenvalue weighted by molar-refractivity contribution is 5.29. The van der Waals surface area contributed by atoms with Crippen molar-refractivity contribution in [1.29, 1.82) is 0 Å². The molecule has 3 nitrogen and oxygen atoms in total. The first-order valence-electron chi connectivity index (χ1n) is 7.54. The summed E-state index contributed by atoms with van der Waals surface area (Å²) in [6.07, 6.45) is 1.07. The lowest BCUT2D eigenvalue weighted by Gasteiger charge is -2.18. The van der Waals surface area contributed by atoms with Gasteiger partial charge in [0.15, 0.2) is 0 Å². The molecule has 20 heavy (non-hydrogen) atoms. The van der Waals surface area contributed by atoms with Crippen molar-refractivity contribution in [3.05, 3.63) is 29.6 Å². The average molecular weight is 282 g/mol. The Kier molecular flexibility index (Phi) is 8.23. The van der Waals surface area contributed by atoms with Crippen LogP contribution in [0, 0.1) is 5.82 Å². The van der Waals surface area contributed by atoms with E-state index in [1.807, 2.05) is 6.07 Å². The molecule has 0 aliphatic carbocycles. The van der Waals surface area contributed by atoms with Crippen molar-refractivity contribution in [1.82, 2.24) is 10.2 Å². The normalized spacial score (nSPS) is 11.1. The van der Waals surface area contributed by atoms with Gasteiger partial charge in [0.05, 0.1) is 0 Å². The summed E-state index contributed by atoms with van der Waals surface area (Å²) in [7, 11) is 0. The molecular formula is C16H27FN2O. The van der Waals surface area contributed by atoms with Crippen LogP contribution in [0.3, 0.4) is 0 Å². The lowest BCUT2D eigenvalue weighted by molar-refractivity contribution is 0.222. The number of halogens is 1. The zero-order chi connectivity index (χ0) is 14.8. The maximum atomic E-state index is 13.5. The molecule has 0 spiro atoms. The first-order valence-corrected chi connectivity index (χ1v) is 7.54. The van der Waals surface area contributed by atoms with Crippen LogP contribution in [0.4, 0.5) is 4.39 Å². The van der Waals surface area contributed by atoms with Crippen LogP contribution in [0.25, 0.3) is 0 Å². The van der Waals surface area contributed by atoms with Crippen molar-refractivity contribution in [2.24, 2.45) is 0 Å². The smallest absolute Gasteiger partial charge is 0.127 e. The molecule has 0 atom stereocenters. The predicted molar refractivity (Wildman–Crippen MR) is 81.7 cm³/mol. The second kappa shape index (κ2) is 9.72. The Morgan fingerprint density at radius 1 is 1.15 bits per heavy atom. The van der Waals surface area contributed by atoms with Crippen LogP contribution in [0.5, 0.6) is 5.75 Å². The predicted octanol–water partition coefficient (Wildman–Crippen LogP) is 3.05. The van der Waals surface area contributed by atoms with E-state index in [0.29, 0.717) is 18.9 Å². The van der Waals surface area contributed by atoms with E-state index in [-0.39, 0.29) is 5.82 Å². The number of hydrogen-bond acceptors (Lipinski definition) is 3. The number of benzene rings is 1.